The highest BCUT2D eigenvalue weighted by Crippen LogP contribution is 2.29. The van der Waals surface area contributed by atoms with Crippen LogP contribution in [0.5, 0.6) is 0 Å². The standard InChI is InChI=1S/C18H14Cl2FNO3/c1-11(18(24)22-17-13(19)6-4-7-14(17)20)25-16(23)10-9-12-5-2-3-8-15(12)21/h2-11H,1H3,(H,22,24)/b10-9+/t11-/m1/s1. The van der Waals surface area contributed by atoms with Gasteiger partial charge in [-0.05, 0) is 31.2 Å². The molecule has 0 radical (unpaired) electrons. The first-order valence-corrected chi connectivity index (χ1v) is 8.02. The molecule has 1 amide bonds. The Kier molecular flexibility index (Phi) is 6.56. The Balaban J connectivity index is 1.97. The molecule has 0 heterocycles. The minimum absolute atomic E-state index is 0.236. The summed E-state index contributed by atoms with van der Waals surface area (Å²) in [5.41, 5.74) is 0.472. The normalized spacial score (nSPS) is 12.0. The fraction of sp³-hybridized carbons (Fsp3) is 0.111. The molecule has 0 aliphatic carbocycles. The third kappa shape index (κ3) is 5.31. The second-order valence-electron chi connectivity index (χ2n) is 5.02. The number of nitrogens with one attached hydrogen (secondary N) is 1. The van der Waals surface area contributed by atoms with E-state index >= 15 is 0 Å². The largest absolute Gasteiger partial charge is 0.449 e. The van der Waals surface area contributed by atoms with Crippen LogP contribution in [0.3, 0.4) is 0 Å². The number of esters is 1. The molecule has 25 heavy (non-hydrogen) atoms. The number of halogens is 3. The molecule has 0 bridgehead atoms. The van der Waals surface area contributed by atoms with E-state index in [9.17, 15) is 14.0 Å². The van der Waals surface area contributed by atoms with Crippen LogP contribution in [0.25, 0.3) is 6.08 Å². The van der Waals surface area contributed by atoms with E-state index in [0.717, 1.165) is 6.08 Å². The zero-order valence-electron chi connectivity index (χ0n) is 13.1. The summed E-state index contributed by atoms with van der Waals surface area (Å²) < 4.78 is 18.4. The molecule has 0 aromatic heterocycles. The first-order valence-electron chi connectivity index (χ1n) is 7.26. The molecule has 0 aliphatic heterocycles. The van der Waals surface area contributed by atoms with Gasteiger partial charge in [-0.2, -0.15) is 0 Å². The molecule has 4 nitrogen and oxygen atoms in total. The van der Waals surface area contributed by atoms with Crippen molar-refractivity contribution in [3.63, 3.8) is 0 Å². The number of benzene rings is 2. The summed E-state index contributed by atoms with van der Waals surface area (Å²) in [7, 11) is 0. The summed E-state index contributed by atoms with van der Waals surface area (Å²) >= 11 is 11.9. The average Bonchev–Trinajstić information content (AvgIpc) is 2.57. The Labute approximate surface area is 154 Å². The maximum Gasteiger partial charge on any atom is 0.331 e. The molecule has 0 unspecified atom stereocenters. The molecule has 130 valence electrons. The lowest BCUT2D eigenvalue weighted by atomic mass is 10.2. The zero-order chi connectivity index (χ0) is 18.4. The molecule has 2 aromatic rings. The van der Waals surface area contributed by atoms with Gasteiger partial charge in [0.05, 0.1) is 15.7 Å². The highest BCUT2D eigenvalue weighted by Gasteiger charge is 2.19. The van der Waals surface area contributed by atoms with E-state index in [4.69, 9.17) is 27.9 Å². The zero-order valence-corrected chi connectivity index (χ0v) is 14.6. The van der Waals surface area contributed by atoms with Crippen LogP contribution < -0.4 is 5.32 Å². The fourth-order valence-electron chi connectivity index (χ4n) is 1.88. The number of hydrogen-bond donors (Lipinski definition) is 1. The van der Waals surface area contributed by atoms with Crippen molar-refractivity contribution in [2.24, 2.45) is 0 Å². The summed E-state index contributed by atoms with van der Waals surface area (Å²) in [6.45, 7) is 1.40. The minimum atomic E-state index is -1.09. The lowest BCUT2D eigenvalue weighted by Crippen LogP contribution is -2.29. The molecule has 2 aromatic carbocycles. The highest BCUT2D eigenvalue weighted by atomic mass is 35.5. The molecule has 0 aliphatic rings. The van der Waals surface area contributed by atoms with Gasteiger partial charge in [-0.25, -0.2) is 9.18 Å². The predicted octanol–water partition coefficient (Wildman–Crippen LogP) is 4.72. The van der Waals surface area contributed by atoms with Crippen molar-refractivity contribution in [1.29, 1.82) is 0 Å². The van der Waals surface area contributed by atoms with Gasteiger partial charge in [-0.15, -0.1) is 0 Å². The number of amides is 1. The van der Waals surface area contributed by atoms with E-state index in [0.29, 0.717) is 0 Å². The second kappa shape index (κ2) is 8.65. The van der Waals surface area contributed by atoms with Gasteiger partial charge in [0.25, 0.3) is 5.91 Å². The van der Waals surface area contributed by atoms with Crippen LogP contribution in [0.4, 0.5) is 10.1 Å². The SMILES string of the molecule is C[C@@H](OC(=O)/C=C/c1ccccc1F)C(=O)Nc1c(Cl)cccc1Cl. The van der Waals surface area contributed by atoms with Crippen LogP contribution in [-0.4, -0.2) is 18.0 Å². The first kappa shape index (κ1) is 19.0. The fourth-order valence-corrected chi connectivity index (χ4v) is 2.37. The van der Waals surface area contributed by atoms with Crippen LogP contribution in [-0.2, 0) is 14.3 Å². The number of hydrogen-bond acceptors (Lipinski definition) is 3. The van der Waals surface area contributed by atoms with E-state index in [1.165, 1.54) is 31.2 Å². The number of carbonyl (C=O) groups is 2. The van der Waals surface area contributed by atoms with Crippen molar-refractivity contribution < 1.29 is 18.7 Å². The van der Waals surface area contributed by atoms with Gasteiger partial charge < -0.3 is 10.1 Å². The molecular formula is C18H14Cl2FNO3. The van der Waals surface area contributed by atoms with Gasteiger partial charge >= 0.3 is 5.97 Å². The van der Waals surface area contributed by atoms with Crippen LogP contribution in [0.1, 0.15) is 12.5 Å². The monoisotopic (exact) mass is 381 g/mol. The molecular weight excluding hydrogens is 368 g/mol. The van der Waals surface area contributed by atoms with Gasteiger partial charge in [0.2, 0.25) is 0 Å². The Bertz CT molecular complexity index is 803. The van der Waals surface area contributed by atoms with Gasteiger partial charge in [-0.3, -0.25) is 4.79 Å². The van der Waals surface area contributed by atoms with E-state index in [1.807, 2.05) is 0 Å². The average molecular weight is 382 g/mol. The van der Waals surface area contributed by atoms with Gasteiger partial charge in [-0.1, -0.05) is 47.5 Å². The third-order valence-electron chi connectivity index (χ3n) is 3.18. The van der Waals surface area contributed by atoms with Crippen LogP contribution >= 0.6 is 23.2 Å². The van der Waals surface area contributed by atoms with E-state index in [1.54, 1.807) is 24.3 Å². The quantitative estimate of drug-likeness (QED) is 0.602. The topological polar surface area (TPSA) is 55.4 Å². The van der Waals surface area contributed by atoms with Crippen molar-refractivity contribution in [1.82, 2.24) is 0 Å². The molecule has 0 spiro atoms. The maximum atomic E-state index is 13.5. The van der Waals surface area contributed by atoms with Crippen LogP contribution in [0.2, 0.25) is 10.0 Å². The summed E-state index contributed by atoms with van der Waals surface area (Å²) in [4.78, 5) is 23.9. The molecule has 2 rings (SSSR count). The lowest BCUT2D eigenvalue weighted by Gasteiger charge is -2.14. The molecule has 0 saturated heterocycles. The number of rotatable bonds is 5. The molecule has 1 atom stereocenters. The van der Waals surface area contributed by atoms with Crippen molar-refractivity contribution in [3.8, 4) is 0 Å². The van der Waals surface area contributed by atoms with Crippen molar-refractivity contribution in [2.45, 2.75) is 13.0 Å². The maximum absolute atomic E-state index is 13.5. The van der Waals surface area contributed by atoms with Gasteiger partial charge in [0.1, 0.15) is 5.82 Å². The number of anilines is 1. The van der Waals surface area contributed by atoms with Gasteiger partial charge in [0.15, 0.2) is 6.10 Å². The van der Waals surface area contributed by atoms with Crippen molar-refractivity contribution in [3.05, 3.63) is 70.0 Å². The van der Waals surface area contributed by atoms with E-state index in [2.05, 4.69) is 5.32 Å². The Morgan fingerprint density at radius 3 is 2.40 bits per heavy atom. The Morgan fingerprint density at radius 1 is 1.12 bits per heavy atom. The predicted molar refractivity (Wildman–Crippen MR) is 96.1 cm³/mol. The summed E-state index contributed by atoms with van der Waals surface area (Å²) in [5, 5.41) is 3.03. The van der Waals surface area contributed by atoms with Crippen molar-refractivity contribution >= 4 is 46.8 Å². The second-order valence-corrected chi connectivity index (χ2v) is 5.83. The van der Waals surface area contributed by atoms with Gasteiger partial charge in [0, 0.05) is 11.6 Å². The first-order chi connectivity index (χ1) is 11.9. The Hall–Kier alpha value is -2.37. The van der Waals surface area contributed by atoms with E-state index in [-0.39, 0.29) is 21.3 Å². The number of carbonyl (C=O) groups excluding carboxylic acids is 2. The number of ether oxygens (including phenoxy) is 1. The third-order valence-corrected chi connectivity index (χ3v) is 3.81. The van der Waals surface area contributed by atoms with Crippen LogP contribution in [0, 0.1) is 5.82 Å². The van der Waals surface area contributed by atoms with Crippen molar-refractivity contribution in [2.75, 3.05) is 5.32 Å². The Morgan fingerprint density at radius 2 is 1.76 bits per heavy atom. The summed E-state index contributed by atoms with van der Waals surface area (Å²) in [6, 6.07) is 10.7. The smallest absolute Gasteiger partial charge is 0.331 e. The number of para-hydroxylation sites is 1. The summed E-state index contributed by atoms with van der Waals surface area (Å²) in [6.07, 6.45) is 1.22. The summed E-state index contributed by atoms with van der Waals surface area (Å²) in [5.74, 6) is -1.84. The molecule has 1 N–H and O–H groups in total. The molecule has 0 saturated carbocycles. The lowest BCUT2D eigenvalue weighted by molar-refractivity contribution is -0.148. The molecule has 0 fully saturated rings. The minimum Gasteiger partial charge on any atom is -0.449 e. The molecule has 7 heteroatoms. The van der Waals surface area contributed by atoms with E-state index < -0.39 is 23.8 Å². The highest BCUT2D eigenvalue weighted by molar-refractivity contribution is 6.39. The van der Waals surface area contributed by atoms with Crippen LogP contribution in [0.15, 0.2) is 48.5 Å².